The van der Waals surface area contributed by atoms with Gasteiger partial charge in [-0.2, -0.15) is 5.10 Å². The Hall–Kier alpha value is -1.56. The van der Waals surface area contributed by atoms with E-state index in [2.05, 4.69) is 28.9 Å². The van der Waals surface area contributed by atoms with Gasteiger partial charge < -0.3 is 15.5 Å². The largest absolute Gasteiger partial charge is 0.395 e. The van der Waals surface area contributed by atoms with Gasteiger partial charge in [-0.15, -0.1) is 0 Å². The number of aromatic nitrogens is 2. The third-order valence-corrected chi connectivity index (χ3v) is 3.13. The molecule has 0 bridgehead atoms. The first-order chi connectivity index (χ1) is 9.36. The number of carbonyl (C=O) groups is 1. The molecule has 1 rings (SSSR count). The van der Waals surface area contributed by atoms with Gasteiger partial charge in [0.05, 0.1) is 11.4 Å². The van der Waals surface area contributed by atoms with Crippen molar-refractivity contribution in [2.75, 3.05) is 39.5 Å². The molecular weight excluding hydrogens is 254 g/mol. The molecule has 114 valence electrons. The van der Waals surface area contributed by atoms with E-state index in [-0.39, 0.29) is 5.91 Å². The lowest BCUT2D eigenvalue weighted by Crippen LogP contribution is -2.39. The van der Waals surface area contributed by atoms with Crippen LogP contribution in [-0.2, 0) is 6.42 Å². The Labute approximate surface area is 121 Å². The maximum Gasteiger partial charge on any atom is 0.276 e. The molecule has 0 saturated carbocycles. The molecule has 1 aromatic heterocycles. The smallest absolute Gasteiger partial charge is 0.276 e. The Morgan fingerprint density at radius 2 is 2.00 bits per heavy atom. The molecule has 0 aromatic carbocycles. The number of hydrogen-bond donors (Lipinski definition) is 2. The van der Waals surface area contributed by atoms with Crippen LogP contribution in [0.3, 0.4) is 0 Å². The summed E-state index contributed by atoms with van der Waals surface area (Å²) < 4.78 is 0. The van der Waals surface area contributed by atoms with Crippen molar-refractivity contribution in [3.8, 4) is 0 Å². The first-order valence-corrected chi connectivity index (χ1v) is 7.13. The van der Waals surface area contributed by atoms with Crippen molar-refractivity contribution >= 4 is 11.6 Å². The van der Waals surface area contributed by atoms with Gasteiger partial charge in [-0.1, -0.05) is 20.8 Å². The van der Waals surface area contributed by atoms with Crippen LogP contribution < -0.4 is 5.73 Å². The van der Waals surface area contributed by atoms with E-state index in [1.165, 1.54) is 0 Å². The molecule has 0 saturated heterocycles. The number of nitrogens with one attached hydrogen (secondary N) is 1. The zero-order valence-corrected chi connectivity index (χ0v) is 13.2. The van der Waals surface area contributed by atoms with Crippen LogP contribution in [0.25, 0.3) is 0 Å². The predicted octanol–water partition coefficient (Wildman–Crippen LogP) is 1.21. The Bertz CT molecular complexity index is 439. The van der Waals surface area contributed by atoms with Crippen molar-refractivity contribution in [2.24, 2.45) is 5.92 Å². The topological polar surface area (TPSA) is 78.2 Å². The van der Waals surface area contributed by atoms with E-state index >= 15 is 0 Å². The Kier molecular flexibility index (Phi) is 6.01. The molecule has 0 atom stereocenters. The summed E-state index contributed by atoms with van der Waals surface area (Å²) in [6, 6.07) is 0. The van der Waals surface area contributed by atoms with Gasteiger partial charge in [-0.25, -0.2) is 0 Å². The fourth-order valence-corrected chi connectivity index (χ4v) is 2.01. The van der Waals surface area contributed by atoms with Crippen LogP contribution in [0.1, 0.15) is 37.0 Å². The van der Waals surface area contributed by atoms with Gasteiger partial charge in [0, 0.05) is 19.6 Å². The van der Waals surface area contributed by atoms with Crippen molar-refractivity contribution in [1.82, 2.24) is 20.0 Å². The Balaban J connectivity index is 2.88. The normalized spacial score (nSPS) is 11.3. The second-order valence-corrected chi connectivity index (χ2v) is 5.77. The van der Waals surface area contributed by atoms with Gasteiger partial charge in [-0.3, -0.25) is 9.89 Å². The molecule has 3 N–H and O–H groups in total. The molecule has 1 aromatic rings. The molecule has 0 fully saturated rings. The molecule has 20 heavy (non-hydrogen) atoms. The molecule has 1 amide bonds. The fraction of sp³-hybridized carbons (Fsp3) is 0.714. The van der Waals surface area contributed by atoms with Gasteiger partial charge >= 0.3 is 0 Å². The van der Waals surface area contributed by atoms with E-state index in [1.54, 1.807) is 0 Å². The van der Waals surface area contributed by atoms with Crippen molar-refractivity contribution in [3.63, 3.8) is 0 Å². The summed E-state index contributed by atoms with van der Waals surface area (Å²) in [5, 5.41) is 6.93. The van der Waals surface area contributed by atoms with E-state index in [1.807, 2.05) is 25.9 Å². The van der Waals surface area contributed by atoms with Gasteiger partial charge in [0.15, 0.2) is 5.69 Å². The number of likely N-dealkylation sites (N-methyl/N-ethyl adjacent to an activating group) is 1. The first kappa shape index (κ1) is 16.5. The summed E-state index contributed by atoms with van der Waals surface area (Å²) in [6.45, 7) is 8.39. The van der Waals surface area contributed by atoms with Gasteiger partial charge in [0.25, 0.3) is 5.91 Å². The summed E-state index contributed by atoms with van der Waals surface area (Å²) >= 11 is 0. The van der Waals surface area contributed by atoms with E-state index in [9.17, 15) is 4.79 Å². The number of rotatable bonds is 7. The predicted molar refractivity (Wildman–Crippen MR) is 81.7 cm³/mol. The van der Waals surface area contributed by atoms with E-state index < -0.39 is 0 Å². The minimum Gasteiger partial charge on any atom is -0.395 e. The maximum absolute atomic E-state index is 12.6. The van der Waals surface area contributed by atoms with Crippen LogP contribution in [0.15, 0.2) is 0 Å². The monoisotopic (exact) mass is 281 g/mol. The molecule has 0 aliphatic carbocycles. The molecular formula is C14H27N5O. The second-order valence-electron chi connectivity index (χ2n) is 5.77. The van der Waals surface area contributed by atoms with Gasteiger partial charge in [0.2, 0.25) is 0 Å². The number of aromatic amines is 1. The average molecular weight is 281 g/mol. The van der Waals surface area contributed by atoms with Crippen molar-refractivity contribution in [3.05, 3.63) is 11.4 Å². The Morgan fingerprint density at radius 3 is 2.45 bits per heavy atom. The molecule has 0 aliphatic rings. The van der Waals surface area contributed by atoms with Crippen LogP contribution in [0.2, 0.25) is 0 Å². The summed E-state index contributed by atoms with van der Waals surface area (Å²) in [5.74, 6) is 0.320. The number of nitrogens with two attached hydrogens (primary N) is 1. The second kappa shape index (κ2) is 7.28. The lowest BCUT2D eigenvalue weighted by atomic mass is 10.2. The number of amides is 1. The molecule has 0 unspecified atom stereocenters. The van der Waals surface area contributed by atoms with Crippen LogP contribution in [0.5, 0.6) is 0 Å². The summed E-state index contributed by atoms with van der Waals surface area (Å²) in [6.07, 6.45) is 0.744. The highest BCUT2D eigenvalue weighted by Gasteiger charge is 2.23. The molecule has 0 spiro atoms. The number of H-pyrrole nitrogens is 1. The zero-order valence-electron chi connectivity index (χ0n) is 13.2. The van der Waals surface area contributed by atoms with Crippen molar-refractivity contribution in [1.29, 1.82) is 0 Å². The maximum atomic E-state index is 12.6. The van der Waals surface area contributed by atoms with Crippen LogP contribution in [-0.4, -0.2) is 59.6 Å². The van der Waals surface area contributed by atoms with Crippen LogP contribution >= 0.6 is 0 Å². The SMILES string of the molecule is CCc1[nH]nc(C(=O)N(CCN(C)C)CC(C)C)c1N. The molecule has 0 radical (unpaired) electrons. The van der Waals surface area contributed by atoms with E-state index in [0.29, 0.717) is 30.4 Å². The average Bonchev–Trinajstić information content (AvgIpc) is 2.74. The van der Waals surface area contributed by atoms with Crippen molar-refractivity contribution < 1.29 is 4.79 Å². The number of aryl methyl sites for hydroxylation is 1. The third-order valence-electron chi connectivity index (χ3n) is 3.13. The summed E-state index contributed by atoms with van der Waals surface area (Å²) in [7, 11) is 3.99. The molecule has 6 heteroatoms. The standard InChI is InChI=1S/C14H27N5O/c1-6-11-12(15)13(17-16-11)14(20)19(9-10(2)3)8-7-18(4)5/h10H,6-9,15H2,1-5H3,(H,16,17). The first-order valence-electron chi connectivity index (χ1n) is 7.13. The minimum absolute atomic E-state index is 0.0889. The van der Waals surface area contributed by atoms with E-state index in [0.717, 1.165) is 18.7 Å². The van der Waals surface area contributed by atoms with Crippen LogP contribution in [0, 0.1) is 5.92 Å². The van der Waals surface area contributed by atoms with Gasteiger partial charge in [-0.05, 0) is 26.4 Å². The van der Waals surface area contributed by atoms with Crippen LogP contribution in [0.4, 0.5) is 5.69 Å². The Morgan fingerprint density at radius 1 is 1.35 bits per heavy atom. The van der Waals surface area contributed by atoms with Gasteiger partial charge in [0.1, 0.15) is 0 Å². The highest BCUT2D eigenvalue weighted by atomic mass is 16.2. The lowest BCUT2D eigenvalue weighted by Gasteiger charge is -2.25. The van der Waals surface area contributed by atoms with Crippen molar-refractivity contribution in [2.45, 2.75) is 27.2 Å². The summed E-state index contributed by atoms with van der Waals surface area (Å²) in [5.41, 5.74) is 7.64. The zero-order chi connectivity index (χ0) is 15.3. The highest BCUT2D eigenvalue weighted by Crippen LogP contribution is 2.17. The summed E-state index contributed by atoms with van der Waals surface area (Å²) in [4.78, 5) is 16.5. The number of anilines is 1. The number of hydrogen-bond acceptors (Lipinski definition) is 4. The number of carbonyl (C=O) groups excluding carboxylic acids is 1. The number of nitrogen functional groups attached to an aromatic ring is 1. The highest BCUT2D eigenvalue weighted by molar-refractivity contribution is 5.97. The molecule has 1 heterocycles. The quantitative estimate of drug-likeness (QED) is 0.787. The third kappa shape index (κ3) is 4.23. The molecule has 0 aliphatic heterocycles. The fourth-order valence-electron chi connectivity index (χ4n) is 2.01. The van der Waals surface area contributed by atoms with E-state index in [4.69, 9.17) is 5.73 Å². The lowest BCUT2D eigenvalue weighted by molar-refractivity contribution is 0.0720. The number of nitrogens with zero attached hydrogens (tertiary/aromatic N) is 3. The molecule has 6 nitrogen and oxygen atoms in total. The minimum atomic E-state index is -0.0889.